The van der Waals surface area contributed by atoms with Gasteiger partial charge in [0.2, 0.25) is 15.0 Å². The maximum absolute atomic E-state index is 15.0. The summed E-state index contributed by atoms with van der Waals surface area (Å²) in [6.45, 7) is 1.73. The van der Waals surface area contributed by atoms with E-state index in [0.717, 1.165) is 29.0 Å². The van der Waals surface area contributed by atoms with E-state index in [1.54, 1.807) is 31.2 Å². The molecule has 0 atom stereocenters. The number of aromatic nitrogens is 3. The van der Waals surface area contributed by atoms with E-state index in [-0.39, 0.29) is 33.9 Å². The van der Waals surface area contributed by atoms with Crippen LogP contribution < -0.4 is 0 Å². The molecule has 0 saturated heterocycles. The van der Waals surface area contributed by atoms with Gasteiger partial charge in [-0.15, -0.1) is 0 Å². The first-order chi connectivity index (χ1) is 16.6. The molecule has 0 aliphatic carbocycles. The molecular weight excluding hydrogens is 500 g/mol. The highest BCUT2D eigenvalue weighted by molar-refractivity contribution is 7.90. The number of rotatable bonds is 6. The average molecular weight is 518 g/mol. The Bertz CT molecular complexity index is 1580. The summed E-state index contributed by atoms with van der Waals surface area (Å²) in [4.78, 5) is 20.5. The zero-order chi connectivity index (χ0) is 25.3. The minimum absolute atomic E-state index is 0.0822. The van der Waals surface area contributed by atoms with Crippen molar-refractivity contribution < 1.29 is 26.7 Å². The van der Waals surface area contributed by atoms with Gasteiger partial charge in [0.1, 0.15) is 23.0 Å². The number of hydrogen-bond donors (Lipinski definition) is 0. The Hall–Kier alpha value is -3.63. The zero-order valence-corrected chi connectivity index (χ0v) is 20.1. The number of hydrogen-bond acceptors (Lipinski definition) is 6. The molecule has 0 spiro atoms. The molecule has 0 radical (unpaired) electrons. The normalized spacial score (nSPS) is 12.2. The standard InChI is InChI=1S/C24H18ClF2N3O4S/c1-3-34-21(31)12-16(15-7-4-5-8-17(15)25)20-11-14-13-28-24(35(2,32)33)29-23(14)30(20)22-18(26)9-6-10-19(22)27/h4-13H,3H2,1-2H3/b16-12-. The van der Waals surface area contributed by atoms with Gasteiger partial charge in [-0.1, -0.05) is 35.9 Å². The predicted molar refractivity (Wildman–Crippen MR) is 127 cm³/mol. The fourth-order valence-electron chi connectivity index (χ4n) is 3.55. The van der Waals surface area contributed by atoms with Gasteiger partial charge in [0, 0.05) is 40.1 Å². The van der Waals surface area contributed by atoms with E-state index in [1.165, 1.54) is 18.3 Å². The zero-order valence-electron chi connectivity index (χ0n) is 18.5. The van der Waals surface area contributed by atoms with Crippen molar-refractivity contribution in [3.05, 3.63) is 88.7 Å². The number of nitrogens with zero attached hydrogens (tertiary/aromatic N) is 3. The minimum atomic E-state index is -3.84. The highest BCUT2D eigenvalue weighted by Gasteiger charge is 2.25. The van der Waals surface area contributed by atoms with Gasteiger partial charge in [-0.2, -0.15) is 4.98 Å². The van der Waals surface area contributed by atoms with Gasteiger partial charge in [-0.05, 0) is 31.2 Å². The summed E-state index contributed by atoms with van der Waals surface area (Å²) in [5.74, 6) is -2.58. The SMILES string of the molecule is CCOC(=O)/C=C(/c1ccccc1Cl)c1cc2cnc(S(C)(=O)=O)nc2n1-c1c(F)cccc1F. The van der Waals surface area contributed by atoms with Crippen molar-refractivity contribution in [3.63, 3.8) is 0 Å². The first kappa shape index (κ1) is 24.5. The number of carbonyl (C=O) groups excluding carboxylic acids is 1. The number of carbonyl (C=O) groups is 1. The van der Waals surface area contributed by atoms with Crippen molar-refractivity contribution in [1.29, 1.82) is 0 Å². The summed E-state index contributed by atoms with van der Waals surface area (Å²) >= 11 is 6.42. The Morgan fingerprint density at radius 1 is 1.14 bits per heavy atom. The fourth-order valence-corrected chi connectivity index (χ4v) is 4.28. The van der Waals surface area contributed by atoms with Crippen LogP contribution in [-0.4, -0.2) is 41.8 Å². The summed E-state index contributed by atoms with van der Waals surface area (Å²) in [6, 6.07) is 11.4. The molecule has 35 heavy (non-hydrogen) atoms. The van der Waals surface area contributed by atoms with Gasteiger partial charge in [0.15, 0.2) is 0 Å². The second-order valence-electron chi connectivity index (χ2n) is 7.43. The van der Waals surface area contributed by atoms with E-state index in [4.69, 9.17) is 16.3 Å². The molecule has 180 valence electrons. The Labute approximate surface area is 204 Å². The van der Waals surface area contributed by atoms with Gasteiger partial charge in [0.05, 0.1) is 12.3 Å². The largest absolute Gasteiger partial charge is 0.463 e. The van der Waals surface area contributed by atoms with E-state index in [9.17, 15) is 13.2 Å². The molecule has 4 aromatic rings. The number of halogens is 3. The highest BCUT2D eigenvalue weighted by atomic mass is 35.5. The monoisotopic (exact) mass is 517 g/mol. The van der Waals surface area contributed by atoms with Crippen LogP contribution >= 0.6 is 11.6 Å². The Morgan fingerprint density at radius 2 is 1.83 bits per heavy atom. The molecule has 4 rings (SSSR count). The summed E-state index contributed by atoms with van der Waals surface area (Å²) in [5, 5.41) is 0.00921. The van der Waals surface area contributed by atoms with Crippen LogP contribution in [0.15, 0.2) is 66.0 Å². The molecule has 0 fully saturated rings. The van der Waals surface area contributed by atoms with E-state index >= 15 is 8.78 Å². The second-order valence-corrected chi connectivity index (χ2v) is 9.75. The molecule has 0 N–H and O–H groups in total. The summed E-state index contributed by atoms with van der Waals surface area (Å²) in [7, 11) is -3.84. The topological polar surface area (TPSA) is 91.2 Å². The molecule has 11 heteroatoms. The predicted octanol–water partition coefficient (Wildman–Crippen LogP) is 4.75. The molecular formula is C24H18ClF2N3O4S. The lowest BCUT2D eigenvalue weighted by molar-refractivity contribution is -0.137. The smallest absolute Gasteiger partial charge is 0.331 e. The Kier molecular flexibility index (Phi) is 6.68. The van der Waals surface area contributed by atoms with Crippen molar-refractivity contribution in [2.75, 3.05) is 12.9 Å². The molecule has 0 unspecified atom stereocenters. The fraction of sp³-hybridized carbons (Fsp3) is 0.125. The van der Waals surface area contributed by atoms with Gasteiger partial charge in [0.25, 0.3) is 0 Å². The van der Waals surface area contributed by atoms with Crippen LogP contribution in [0.4, 0.5) is 8.78 Å². The van der Waals surface area contributed by atoms with Crippen molar-refractivity contribution in [3.8, 4) is 5.69 Å². The van der Waals surface area contributed by atoms with Crippen LogP contribution in [0.1, 0.15) is 18.2 Å². The van der Waals surface area contributed by atoms with E-state index in [2.05, 4.69) is 9.97 Å². The number of ether oxygens (including phenoxy) is 1. The molecule has 0 aliphatic heterocycles. The number of sulfone groups is 1. The van der Waals surface area contributed by atoms with E-state index < -0.39 is 38.3 Å². The number of benzene rings is 2. The van der Waals surface area contributed by atoms with Crippen molar-refractivity contribution >= 4 is 44.0 Å². The molecule has 7 nitrogen and oxygen atoms in total. The number of para-hydroxylation sites is 1. The highest BCUT2D eigenvalue weighted by Crippen LogP contribution is 2.36. The minimum Gasteiger partial charge on any atom is -0.463 e. The summed E-state index contributed by atoms with van der Waals surface area (Å²) in [6.07, 6.45) is 3.30. The first-order valence-electron chi connectivity index (χ1n) is 10.3. The average Bonchev–Trinajstić information content (AvgIpc) is 3.16. The third-order valence-corrected chi connectivity index (χ3v) is 6.19. The molecule has 2 aromatic heterocycles. The van der Waals surface area contributed by atoms with Crippen LogP contribution in [0.2, 0.25) is 5.02 Å². The Balaban J connectivity index is 2.16. The molecule has 0 amide bonds. The molecule has 2 aromatic carbocycles. The van der Waals surface area contributed by atoms with E-state index in [0.29, 0.717) is 5.56 Å². The molecule has 0 aliphatic rings. The Morgan fingerprint density at radius 3 is 2.46 bits per heavy atom. The quantitative estimate of drug-likeness (QED) is 0.208. The summed E-state index contributed by atoms with van der Waals surface area (Å²) in [5.41, 5.74) is 0.0683. The maximum Gasteiger partial charge on any atom is 0.331 e. The van der Waals surface area contributed by atoms with Gasteiger partial charge < -0.3 is 4.74 Å². The molecule has 0 saturated carbocycles. The second kappa shape index (κ2) is 9.55. The summed E-state index contributed by atoms with van der Waals surface area (Å²) < 4.78 is 60.4. The third kappa shape index (κ3) is 4.80. The van der Waals surface area contributed by atoms with Crippen LogP contribution in [0.5, 0.6) is 0 Å². The van der Waals surface area contributed by atoms with Crippen LogP contribution in [0, 0.1) is 11.6 Å². The van der Waals surface area contributed by atoms with Gasteiger partial charge >= 0.3 is 5.97 Å². The third-order valence-electron chi connectivity index (χ3n) is 5.00. The maximum atomic E-state index is 15.0. The van der Waals surface area contributed by atoms with Crippen molar-refractivity contribution in [1.82, 2.24) is 14.5 Å². The molecule has 2 heterocycles. The van der Waals surface area contributed by atoms with Crippen LogP contribution in [0.3, 0.4) is 0 Å². The number of fused-ring (bicyclic) bond motifs is 1. The number of esters is 1. The van der Waals surface area contributed by atoms with Gasteiger partial charge in [-0.25, -0.2) is 27.0 Å². The van der Waals surface area contributed by atoms with E-state index in [1.807, 2.05) is 0 Å². The first-order valence-corrected chi connectivity index (χ1v) is 12.6. The lowest BCUT2D eigenvalue weighted by atomic mass is 10.0. The lowest BCUT2D eigenvalue weighted by Gasteiger charge is -2.16. The van der Waals surface area contributed by atoms with Crippen LogP contribution in [-0.2, 0) is 19.4 Å². The van der Waals surface area contributed by atoms with Crippen molar-refractivity contribution in [2.24, 2.45) is 0 Å². The van der Waals surface area contributed by atoms with Crippen molar-refractivity contribution in [2.45, 2.75) is 12.1 Å². The molecule has 0 bridgehead atoms. The lowest BCUT2D eigenvalue weighted by Crippen LogP contribution is -2.10. The van der Waals surface area contributed by atoms with Crippen LogP contribution in [0.25, 0.3) is 22.3 Å². The van der Waals surface area contributed by atoms with Gasteiger partial charge in [-0.3, -0.25) is 4.57 Å².